The molecule has 0 bridgehead atoms. The smallest absolute Gasteiger partial charge is 0.242 e. The molecule has 16 heavy (non-hydrogen) atoms. The monoisotopic (exact) mass is 245 g/mol. The number of aryl methyl sites for hydroxylation is 1. The van der Waals surface area contributed by atoms with Gasteiger partial charge in [0.25, 0.3) is 0 Å². The molecule has 5 nitrogen and oxygen atoms in total. The topological polar surface area (TPSA) is 86.6 Å². The van der Waals surface area contributed by atoms with Crippen LogP contribution in [-0.2, 0) is 10.0 Å². The molecule has 0 aliphatic rings. The van der Waals surface area contributed by atoms with E-state index in [4.69, 9.17) is 5.11 Å². The minimum absolute atomic E-state index is 0.0480. The van der Waals surface area contributed by atoms with Crippen molar-refractivity contribution >= 4 is 10.0 Å². The average Bonchev–Trinajstić information content (AvgIpc) is 2.17. The van der Waals surface area contributed by atoms with Gasteiger partial charge < -0.3 is 10.2 Å². The first kappa shape index (κ1) is 13.1. The Bertz CT molecular complexity index is 450. The molecule has 0 spiro atoms. The van der Waals surface area contributed by atoms with Gasteiger partial charge in [-0.2, -0.15) is 4.72 Å². The predicted molar refractivity (Wildman–Crippen MR) is 59.2 cm³/mol. The van der Waals surface area contributed by atoms with Gasteiger partial charge in [-0.15, -0.1) is 0 Å². The van der Waals surface area contributed by atoms with Crippen LogP contribution in [-0.4, -0.2) is 31.0 Å². The van der Waals surface area contributed by atoms with Crippen LogP contribution in [0.5, 0.6) is 0 Å². The van der Waals surface area contributed by atoms with Gasteiger partial charge in [0.2, 0.25) is 10.0 Å². The van der Waals surface area contributed by atoms with Gasteiger partial charge in [-0.3, -0.25) is 0 Å². The molecule has 0 heterocycles. The number of hydrogen-bond donors (Lipinski definition) is 3. The molecule has 1 atom stereocenters. The lowest BCUT2D eigenvalue weighted by Crippen LogP contribution is -2.48. The summed E-state index contributed by atoms with van der Waals surface area (Å²) in [4.78, 5) is 0.0480. The van der Waals surface area contributed by atoms with Crippen molar-refractivity contribution in [3.8, 4) is 0 Å². The molecule has 1 unspecified atom stereocenters. The lowest BCUT2D eigenvalue weighted by molar-refractivity contribution is -0.00751. The summed E-state index contributed by atoms with van der Waals surface area (Å²) in [5.74, 6) is 0. The average molecular weight is 245 g/mol. The molecule has 0 aromatic heterocycles. The van der Waals surface area contributed by atoms with Crippen LogP contribution in [0.15, 0.2) is 29.2 Å². The third kappa shape index (κ3) is 3.28. The fraction of sp³-hybridized carbons (Fsp3) is 0.400. The Morgan fingerprint density at radius 3 is 2.25 bits per heavy atom. The van der Waals surface area contributed by atoms with Gasteiger partial charge in [-0.1, -0.05) is 17.7 Å². The van der Waals surface area contributed by atoms with Crippen LogP contribution in [0, 0.1) is 6.92 Å². The van der Waals surface area contributed by atoms with Crippen LogP contribution < -0.4 is 4.72 Å². The molecule has 0 fully saturated rings. The summed E-state index contributed by atoms with van der Waals surface area (Å²) in [6.45, 7) is 2.32. The zero-order chi connectivity index (χ0) is 12.4. The molecule has 3 N–H and O–H groups in total. The predicted octanol–water partition coefficient (Wildman–Crippen LogP) is -0.0259. The van der Waals surface area contributed by atoms with Crippen LogP contribution in [0.25, 0.3) is 0 Å². The lowest BCUT2D eigenvalue weighted by atomic mass is 10.2. The van der Waals surface area contributed by atoms with E-state index in [2.05, 4.69) is 0 Å². The van der Waals surface area contributed by atoms with Crippen LogP contribution >= 0.6 is 0 Å². The highest BCUT2D eigenvalue weighted by Gasteiger charge is 2.27. The number of sulfonamides is 1. The largest absolute Gasteiger partial charge is 0.392 e. The lowest BCUT2D eigenvalue weighted by Gasteiger charge is -2.21. The number of aliphatic hydroxyl groups is 2. The number of aliphatic hydroxyl groups excluding tert-OH is 1. The minimum atomic E-state index is -3.81. The highest BCUT2D eigenvalue weighted by molar-refractivity contribution is 7.89. The fourth-order valence-corrected chi connectivity index (χ4v) is 2.35. The molecular formula is C10H15NO4S. The summed E-state index contributed by atoms with van der Waals surface area (Å²) in [6, 6.07) is 6.18. The van der Waals surface area contributed by atoms with Crippen molar-refractivity contribution in [2.45, 2.75) is 24.5 Å². The number of rotatable bonds is 4. The maximum atomic E-state index is 11.7. The quantitative estimate of drug-likeness (QED) is 0.650. The van der Waals surface area contributed by atoms with Crippen molar-refractivity contribution in [1.82, 2.24) is 4.72 Å². The maximum absolute atomic E-state index is 11.7. The summed E-state index contributed by atoms with van der Waals surface area (Å²) in [5, 5.41) is 18.2. The third-order valence-electron chi connectivity index (χ3n) is 1.99. The van der Waals surface area contributed by atoms with E-state index in [0.29, 0.717) is 0 Å². The molecule has 6 heteroatoms. The SMILES string of the molecule is Cc1ccc(S(=O)(=O)NC(C)(O)CO)cc1. The van der Waals surface area contributed by atoms with Gasteiger partial charge in [0.15, 0.2) is 0 Å². The summed E-state index contributed by atoms with van der Waals surface area (Å²) in [7, 11) is -3.81. The van der Waals surface area contributed by atoms with Crippen LogP contribution in [0.3, 0.4) is 0 Å². The number of hydrogen-bond acceptors (Lipinski definition) is 4. The van der Waals surface area contributed by atoms with Crippen LogP contribution in [0.2, 0.25) is 0 Å². The second-order valence-electron chi connectivity index (χ2n) is 3.85. The molecule has 0 saturated heterocycles. The van der Waals surface area contributed by atoms with E-state index in [0.717, 1.165) is 5.56 Å². The normalized spacial score (nSPS) is 15.8. The number of nitrogens with one attached hydrogen (secondary N) is 1. The van der Waals surface area contributed by atoms with Crippen molar-refractivity contribution in [3.63, 3.8) is 0 Å². The van der Waals surface area contributed by atoms with Gasteiger partial charge in [0, 0.05) is 0 Å². The van der Waals surface area contributed by atoms with Crippen molar-refractivity contribution in [2.24, 2.45) is 0 Å². The standard InChI is InChI=1S/C10H15NO4S/c1-8-3-5-9(6-4-8)16(14,15)11-10(2,13)7-12/h3-6,11-13H,7H2,1-2H3. The van der Waals surface area contributed by atoms with Crippen molar-refractivity contribution in [1.29, 1.82) is 0 Å². The third-order valence-corrected chi connectivity index (χ3v) is 3.59. The van der Waals surface area contributed by atoms with Crippen LogP contribution in [0.1, 0.15) is 12.5 Å². The summed E-state index contributed by atoms with van der Waals surface area (Å²) < 4.78 is 25.5. The van der Waals surface area contributed by atoms with Gasteiger partial charge in [-0.05, 0) is 26.0 Å². The molecule has 1 aromatic carbocycles. The van der Waals surface area contributed by atoms with Crippen molar-refractivity contribution in [2.75, 3.05) is 6.61 Å². The van der Waals surface area contributed by atoms with E-state index in [1.165, 1.54) is 19.1 Å². The van der Waals surface area contributed by atoms with Crippen molar-refractivity contribution < 1.29 is 18.6 Å². The van der Waals surface area contributed by atoms with Gasteiger partial charge in [-0.25, -0.2) is 8.42 Å². The van der Waals surface area contributed by atoms with E-state index in [1.807, 2.05) is 11.6 Å². The highest BCUT2D eigenvalue weighted by atomic mass is 32.2. The Labute approximate surface area is 94.8 Å². The Kier molecular flexibility index (Phi) is 3.69. The van der Waals surface area contributed by atoms with E-state index in [-0.39, 0.29) is 4.90 Å². The summed E-state index contributed by atoms with van der Waals surface area (Å²) >= 11 is 0. The molecule has 0 radical (unpaired) electrons. The van der Waals surface area contributed by atoms with E-state index in [1.54, 1.807) is 12.1 Å². The second kappa shape index (κ2) is 4.50. The van der Waals surface area contributed by atoms with E-state index >= 15 is 0 Å². The molecule has 0 aliphatic carbocycles. The molecule has 0 amide bonds. The van der Waals surface area contributed by atoms with Crippen molar-refractivity contribution in [3.05, 3.63) is 29.8 Å². The molecule has 0 aliphatic heterocycles. The molecule has 1 rings (SSSR count). The maximum Gasteiger partial charge on any atom is 0.242 e. The summed E-state index contributed by atoms with van der Waals surface area (Å²) in [5.41, 5.74) is -0.920. The van der Waals surface area contributed by atoms with Gasteiger partial charge in [0.1, 0.15) is 5.72 Å². The molecule has 1 aromatic rings. The zero-order valence-electron chi connectivity index (χ0n) is 9.14. The van der Waals surface area contributed by atoms with Gasteiger partial charge >= 0.3 is 0 Å². The number of benzene rings is 1. The Morgan fingerprint density at radius 2 is 1.81 bits per heavy atom. The van der Waals surface area contributed by atoms with E-state index < -0.39 is 22.4 Å². The van der Waals surface area contributed by atoms with E-state index in [9.17, 15) is 13.5 Å². The zero-order valence-corrected chi connectivity index (χ0v) is 9.95. The first-order valence-corrected chi connectivity index (χ1v) is 6.19. The molecule has 0 saturated carbocycles. The Morgan fingerprint density at radius 1 is 1.31 bits per heavy atom. The molecule has 90 valence electrons. The summed E-state index contributed by atoms with van der Waals surface area (Å²) in [6.07, 6.45) is 0. The first-order valence-electron chi connectivity index (χ1n) is 4.71. The highest BCUT2D eigenvalue weighted by Crippen LogP contribution is 2.12. The first-order chi connectivity index (χ1) is 7.27. The second-order valence-corrected chi connectivity index (χ2v) is 5.53. The Hall–Kier alpha value is -0.950. The Balaban J connectivity index is 2.99. The molecular weight excluding hydrogens is 230 g/mol. The minimum Gasteiger partial charge on any atom is -0.392 e. The van der Waals surface area contributed by atoms with Crippen LogP contribution in [0.4, 0.5) is 0 Å². The fourth-order valence-electron chi connectivity index (χ4n) is 1.10. The van der Waals surface area contributed by atoms with Gasteiger partial charge in [0.05, 0.1) is 11.5 Å².